The van der Waals surface area contributed by atoms with Crippen molar-refractivity contribution in [1.82, 2.24) is 30.6 Å². The molecule has 8 nitrogen and oxygen atoms in total. The number of hydrogen-bond acceptors (Lipinski definition) is 6. The van der Waals surface area contributed by atoms with E-state index in [1.807, 2.05) is 18.5 Å². The van der Waals surface area contributed by atoms with Gasteiger partial charge in [-0.2, -0.15) is 0 Å². The molecule has 0 spiro atoms. The van der Waals surface area contributed by atoms with Gasteiger partial charge in [-0.1, -0.05) is 54.6 Å². The Bertz CT molecular complexity index is 1880. The molecule has 4 N–H and O–H groups in total. The van der Waals surface area contributed by atoms with E-state index < -0.39 is 0 Å². The number of nitrogens with one attached hydrogen (secondary N) is 4. The fourth-order valence-corrected chi connectivity index (χ4v) is 7.19. The van der Waals surface area contributed by atoms with Crippen LogP contribution in [0, 0.1) is 0 Å². The molecular weight excluding hydrogens is 548 g/mol. The third-order valence-corrected chi connectivity index (χ3v) is 9.48. The van der Waals surface area contributed by atoms with Crippen LogP contribution in [0.3, 0.4) is 0 Å². The Balaban J connectivity index is 1.10. The van der Waals surface area contributed by atoms with Gasteiger partial charge in [-0.3, -0.25) is 0 Å². The molecule has 0 bridgehead atoms. The molecule has 0 saturated carbocycles. The van der Waals surface area contributed by atoms with Crippen LogP contribution in [-0.2, 0) is 0 Å². The van der Waals surface area contributed by atoms with E-state index in [0.29, 0.717) is 18.7 Å². The Labute approximate surface area is 256 Å². The van der Waals surface area contributed by atoms with Gasteiger partial charge in [-0.05, 0) is 56.5 Å². The maximum absolute atomic E-state index is 6.91. The van der Waals surface area contributed by atoms with Crippen LogP contribution >= 0.6 is 0 Å². The Morgan fingerprint density at radius 1 is 0.682 bits per heavy atom. The van der Waals surface area contributed by atoms with Crippen molar-refractivity contribution in [2.24, 2.45) is 0 Å². The SMILES string of the molecule is c1ccc(C2Oc3cc(-c4cnc([C@@H]5CCCN5)[nH]4)ccc3C3=C2c2ccc(-c4cnc([C@@H]5CCCN5)[nH]4)cc2OC3)cc1. The van der Waals surface area contributed by atoms with E-state index in [2.05, 4.69) is 86.2 Å². The van der Waals surface area contributed by atoms with Crippen LogP contribution in [0.25, 0.3) is 33.7 Å². The molecule has 4 aliphatic rings. The second kappa shape index (κ2) is 10.5. The van der Waals surface area contributed by atoms with E-state index in [9.17, 15) is 0 Å². The molecule has 2 aromatic heterocycles. The quantitative estimate of drug-likeness (QED) is 0.183. The van der Waals surface area contributed by atoms with Crippen LogP contribution in [0.15, 0.2) is 79.1 Å². The molecule has 2 fully saturated rings. The molecule has 8 heteroatoms. The first-order chi connectivity index (χ1) is 21.8. The lowest BCUT2D eigenvalue weighted by Gasteiger charge is -2.35. The summed E-state index contributed by atoms with van der Waals surface area (Å²) in [6, 6.07) is 24.0. The normalized spacial score (nSPS) is 22.2. The summed E-state index contributed by atoms with van der Waals surface area (Å²) in [5.74, 6) is 3.73. The van der Waals surface area contributed by atoms with E-state index in [-0.39, 0.29) is 6.10 Å². The number of aromatic nitrogens is 4. The summed E-state index contributed by atoms with van der Waals surface area (Å²) in [7, 11) is 0. The lowest BCUT2D eigenvalue weighted by Crippen LogP contribution is -2.23. The summed E-state index contributed by atoms with van der Waals surface area (Å²) in [4.78, 5) is 16.5. The Hall–Kier alpha value is -4.66. The number of fused-ring (bicyclic) bond motifs is 4. The number of imidazole rings is 2. The van der Waals surface area contributed by atoms with Crippen molar-refractivity contribution in [3.05, 3.63) is 107 Å². The Kier molecular flexibility index (Phi) is 6.16. The predicted octanol–water partition coefficient (Wildman–Crippen LogP) is 6.75. The van der Waals surface area contributed by atoms with Gasteiger partial charge in [-0.25, -0.2) is 9.97 Å². The van der Waals surface area contributed by atoms with Crippen LogP contribution in [0.1, 0.15) is 72.2 Å². The molecule has 44 heavy (non-hydrogen) atoms. The van der Waals surface area contributed by atoms with E-state index in [1.54, 1.807) is 0 Å². The lowest BCUT2D eigenvalue weighted by atomic mass is 9.83. The smallest absolute Gasteiger partial charge is 0.150 e. The van der Waals surface area contributed by atoms with Crippen molar-refractivity contribution in [3.8, 4) is 34.0 Å². The van der Waals surface area contributed by atoms with Crippen molar-refractivity contribution in [2.45, 2.75) is 43.9 Å². The van der Waals surface area contributed by atoms with Crippen molar-refractivity contribution < 1.29 is 9.47 Å². The highest BCUT2D eigenvalue weighted by Crippen LogP contribution is 2.52. The standard InChI is InChI=1S/C36H34N6O2/c1-2-6-21(7-3-1)34-33-25-13-11-22(29-18-39-35(41-29)27-8-4-14-37-27)16-31(25)43-20-26(33)24-12-10-23(17-32(24)44-34)30-19-40-36(42-30)28-9-5-15-38-28/h1-3,6-7,10-13,16-19,27-28,34,37-38H,4-5,8-9,14-15,20H2,(H,39,41)(H,40,42)/t27-,28-,34?/m0/s1. The molecule has 3 aromatic carbocycles. The minimum atomic E-state index is -0.255. The number of rotatable bonds is 5. The fourth-order valence-electron chi connectivity index (χ4n) is 7.19. The van der Waals surface area contributed by atoms with Gasteiger partial charge in [0.15, 0.2) is 0 Å². The largest absolute Gasteiger partial charge is 0.488 e. The van der Waals surface area contributed by atoms with Gasteiger partial charge in [0.1, 0.15) is 35.9 Å². The van der Waals surface area contributed by atoms with Crippen LogP contribution < -0.4 is 20.1 Å². The van der Waals surface area contributed by atoms with Gasteiger partial charge in [0.25, 0.3) is 0 Å². The molecule has 0 aliphatic carbocycles. The summed E-state index contributed by atoms with van der Waals surface area (Å²) in [5, 5.41) is 7.06. The van der Waals surface area contributed by atoms with E-state index in [0.717, 1.165) is 88.3 Å². The molecule has 4 aliphatic heterocycles. The third-order valence-electron chi connectivity index (χ3n) is 9.48. The number of H-pyrrole nitrogens is 2. The average molecular weight is 583 g/mol. The highest BCUT2D eigenvalue weighted by molar-refractivity contribution is 6.00. The molecule has 5 aromatic rings. The van der Waals surface area contributed by atoms with Gasteiger partial charge >= 0.3 is 0 Å². The predicted molar refractivity (Wildman–Crippen MR) is 170 cm³/mol. The van der Waals surface area contributed by atoms with Crippen molar-refractivity contribution in [2.75, 3.05) is 19.7 Å². The van der Waals surface area contributed by atoms with Gasteiger partial charge < -0.3 is 30.1 Å². The first kappa shape index (κ1) is 25.8. The second-order valence-corrected chi connectivity index (χ2v) is 12.2. The highest BCUT2D eigenvalue weighted by atomic mass is 16.5. The zero-order valence-corrected chi connectivity index (χ0v) is 24.4. The number of benzene rings is 3. The number of ether oxygens (including phenoxy) is 2. The average Bonchev–Trinajstić information content (AvgIpc) is 3.91. The van der Waals surface area contributed by atoms with Gasteiger partial charge in [-0.15, -0.1) is 0 Å². The monoisotopic (exact) mass is 582 g/mol. The Morgan fingerprint density at radius 2 is 1.32 bits per heavy atom. The van der Waals surface area contributed by atoms with E-state index in [1.165, 1.54) is 24.0 Å². The molecule has 9 rings (SSSR count). The molecule has 220 valence electrons. The van der Waals surface area contributed by atoms with Crippen LogP contribution in [0.5, 0.6) is 11.5 Å². The minimum absolute atomic E-state index is 0.255. The summed E-state index contributed by atoms with van der Waals surface area (Å²) in [6.45, 7) is 2.56. The minimum Gasteiger partial charge on any atom is -0.488 e. The highest BCUT2D eigenvalue weighted by Gasteiger charge is 2.35. The van der Waals surface area contributed by atoms with Gasteiger partial charge in [0.05, 0.1) is 35.9 Å². The molecule has 0 amide bonds. The van der Waals surface area contributed by atoms with Gasteiger partial charge in [0, 0.05) is 33.4 Å². The maximum atomic E-state index is 6.91. The molecule has 3 atom stereocenters. The topological polar surface area (TPSA) is 99.9 Å². The third kappa shape index (κ3) is 4.36. The molecule has 2 saturated heterocycles. The number of nitrogens with zero attached hydrogens (tertiary/aromatic N) is 2. The zero-order valence-electron chi connectivity index (χ0n) is 24.4. The zero-order chi connectivity index (χ0) is 29.0. The number of hydrogen-bond donors (Lipinski definition) is 4. The first-order valence-electron chi connectivity index (χ1n) is 15.7. The van der Waals surface area contributed by atoms with Crippen LogP contribution in [0.4, 0.5) is 0 Å². The van der Waals surface area contributed by atoms with E-state index in [4.69, 9.17) is 14.5 Å². The van der Waals surface area contributed by atoms with Crippen LogP contribution in [-0.4, -0.2) is 39.6 Å². The summed E-state index contributed by atoms with van der Waals surface area (Å²) >= 11 is 0. The van der Waals surface area contributed by atoms with Crippen LogP contribution in [0.2, 0.25) is 0 Å². The molecular formula is C36H34N6O2. The summed E-state index contributed by atoms with van der Waals surface area (Å²) < 4.78 is 13.4. The van der Waals surface area contributed by atoms with Crippen molar-refractivity contribution in [1.29, 1.82) is 0 Å². The summed E-state index contributed by atoms with van der Waals surface area (Å²) in [5.41, 5.74) is 9.72. The molecule has 6 heterocycles. The summed E-state index contributed by atoms with van der Waals surface area (Å²) in [6.07, 6.45) is 8.20. The van der Waals surface area contributed by atoms with E-state index >= 15 is 0 Å². The number of aromatic amines is 2. The van der Waals surface area contributed by atoms with Crippen molar-refractivity contribution in [3.63, 3.8) is 0 Å². The van der Waals surface area contributed by atoms with Gasteiger partial charge in [0.2, 0.25) is 0 Å². The van der Waals surface area contributed by atoms with Crippen molar-refractivity contribution >= 4 is 11.1 Å². The fraction of sp³-hybridized carbons (Fsp3) is 0.278. The molecule has 0 radical (unpaired) electrons. The maximum Gasteiger partial charge on any atom is 0.150 e. The Morgan fingerprint density at radius 3 is 1.95 bits per heavy atom. The molecule has 1 unspecified atom stereocenters. The second-order valence-electron chi connectivity index (χ2n) is 12.2. The lowest BCUT2D eigenvalue weighted by molar-refractivity contribution is 0.254. The first-order valence-corrected chi connectivity index (χ1v) is 15.7.